The number of hydrogen-bond donors (Lipinski definition) is 2. The molecular formula is C16H11BrClNO3. The number of hydrogen-bond acceptors (Lipinski definition) is 3. The molecule has 0 fully saturated rings. The predicted octanol–water partition coefficient (Wildman–Crippen LogP) is 3.52. The second-order valence-electron chi connectivity index (χ2n) is 5.11. The molecule has 1 atom stereocenters. The summed E-state index contributed by atoms with van der Waals surface area (Å²) in [6.45, 7) is 0. The van der Waals surface area contributed by atoms with Gasteiger partial charge < -0.3 is 10.4 Å². The summed E-state index contributed by atoms with van der Waals surface area (Å²) in [6.07, 6.45) is -0.345. The zero-order valence-electron chi connectivity index (χ0n) is 11.3. The molecule has 22 heavy (non-hydrogen) atoms. The molecular weight excluding hydrogens is 370 g/mol. The molecule has 0 unspecified atom stereocenters. The summed E-state index contributed by atoms with van der Waals surface area (Å²) in [6, 6.07) is 11.5. The largest absolute Gasteiger partial charge is 0.375 e. The van der Waals surface area contributed by atoms with Crippen molar-refractivity contribution in [1.29, 1.82) is 0 Å². The number of fused-ring (bicyclic) bond motifs is 1. The minimum absolute atomic E-state index is 0.345. The fourth-order valence-corrected chi connectivity index (χ4v) is 3.04. The van der Waals surface area contributed by atoms with E-state index in [1.807, 2.05) is 0 Å². The maximum absolute atomic E-state index is 12.4. The van der Waals surface area contributed by atoms with Crippen LogP contribution in [0.2, 0.25) is 5.02 Å². The molecule has 6 heteroatoms. The molecule has 0 aliphatic carbocycles. The predicted molar refractivity (Wildman–Crippen MR) is 87.1 cm³/mol. The van der Waals surface area contributed by atoms with Gasteiger partial charge in [0.05, 0.1) is 6.42 Å². The summed E-state index contributed by atoms with van der Waals surface area (Å²) in [5.74, 6) is -0.955. The molecule has 2 N–H and O–H groups in total. The molecule has 1 amide bonds. The zero-order chi connectivity index (χ0) is 15.9. The van der Waals surface area contributed by atoms with Crippen molar-refractivity contribution in [2.24, 2.45) is 0 Å². The first-order valence-electron chi connectivity index (χ1n) is 6.53. The summed E-state index contributed by atoms with van der Waals surface area (Å²) in [5, 5.41) is 13.8. The summed E-state index contributed by atoms with van der Waals surface area (Å²) < 4.78 is 0.719. The summed E-state index contributed by atoms with van der Waals surface area (Å²) in [4.78, 5) is 24.5. The molecule has 0 spiro atoms. The highest BCUT2D eigenvalue weighted by atomic mass is 79.9. The first kappa shape index (κ1) is 15.2. The number of Topliss-reactive ketones (excluding diaryl/α,β-unsaturated/α-hetero) is 1. The Labute approximate surface area is 140 Å². The lowest BCUT2D eigenvalue weighted by molar-refractivity contribution is -0.133. The number of carbonyl (C=O) groups is 2. The Balaban J connectivity index is 1.96. The Morgan fingerprint density at radius 2 is 2.05 bits per heavy atom. The third-order valence-corrected chi connectivity index (χ3v) is 4.34. The van der Waals surface area contributed by atoms with E-state index in [0.717, 1.165) is 4.47 Å². The van der Waals surface area contributed by atoms with Crippen molar-refractivity contribution >= 4 is 44.9 Å². The number of amides is 1. The number of aliphatic hydroxyl groups is 1. The highest BCUT2D eigenvalue weighted by Crippen LogP contribution is 2.40. The molecule has 2 aromatic carbocycles. The lowest BCUT2D eigenvalue weighted by atomic mass is 9.88. The molecule has 0 radical (unpaired) electrons. The summed E-state index contributed by atoms with van der Waals surface area (Å²) in [7, 11) is 0. The average molecular weight is 381 g/mol. The van der Waals surface area contributed by atoms with Gasteiger partial charge in [0.2, 0.25) is 0 Å². The molecule has 1 aliphatic rings. The van der Waals surface area contributed by atoms with Crippen LogP contribution in [0.1, 0.15) is 22.3 Å². The van der Waals surface area contributed by atoms with E-state index >= 15 is 0 Å². The second kappa shape index (κ2) is 5.50. The Morgan fingerprint density at radius 3 is 2.77 bits per heavy atom. The van der Waals surface area contributed by atoms with Gasteiger partial charge in [0.1, 0.15) is 0 Å². The monoisotopic (exact) mass is 379 g/mol. The van der Waals surface area contributed by atoms with Crippen LogP contribution in [0.15, 0.2) is 46.9 Å². The van der Waals surface area contributed by atoms with Crippen LogP contribution in [0, 0.1) is 0 Å². The SMILES string of the molecule is O=C(C[C@@]1(O)C(=O)Nc2ccc(Br)cc21)c1cccc(Cl)c1. The van der Waals surface area contributed by atoms with Crippen molar-refractivity contribution in [2.45, 2.75) is 12.0 Å². The maximum atomic E-state index is 12.4. The van der Waals surface area contributed by atoms with Gasteiger partial charge in [-0.25, -0.2) is 0 Å². The van der Waals surface area contributed by atoms with Crippen LogP contribution < -0.4 is 5.32 Å². The lowest BCUT2D eigenvalue weighted by Gasteiger charge is -2.20. The van der Waals surface area contributed by atoms with Crippen LogP contribution in [-0.2, 0) is 10.4 Å². The van der Waals surface area contributed by atoms with Gasteiger partial charge in [0, 0.05) is 26.3 Å². The van der Waals surface area contributed by atoms with Gasteiger partial charge in [-0.05, 0) is 30.3 Å². The van der Waals surface area contributed by atoms with Crippen LogP contribution in [0.25, 0.3) is 0 Å². The van der Waals surface area contributed by atoms with Gasteiger partial charge in [0.15, 0.2) is 11.4 Å². The van der Waals surface area contributed by atoms with Crippen molar-refractivity contribution in [3.63, 3.8) is 0 Å². The van der Waals surface area contributed by atoms with E-state index < -0.39 is 11.5 Å². The normalized spacial score (nSPS) is 19.7. The van der Waals surface area contributed by atoms with Gasteiger partial charge in [-0.1, -0.05) is 39.7 Å². The Morgan fingerprint density at radius 1 is 1.27 bits per heavy atom. The van der Waals surface area contributed by atoms with E-state index in [1.165, 1.54) is 6.07 Å². The first-order chi connectivity index (χ1) is 10.4. The molecule has 0 saturated carbocycles. The van der Waals surface area contributed by atoms with Crippen molar-refractivity contribution in [3.8, 4) is 0 Å². The topological polar surface area (TPSA) is 66.4 Å². The van der Waals surface area contributed by atoms with E-state index in [1.54, 1.807) is 36.4 Å². The van der Waals surface area contributed by atoms with Gasteiger partial charge in [-0.15, -0.1) is 0 Å². The molecule has 2 aromatic rings. The van der Waals surface area contributed by atoms with Crippen molar-refractivity contribution in [1.82, 2.24) is 0 Å². The molecule has 0 aromatic heterocycles. The molecule has 0 bridgehead atoms. The van der Waals surface area contributed by atoms with Crippen LogP contribution >= 0.6 is 27.5 Å². The van der Waals surface area contributed by atoms with E-state index in [4.69, 9.17) is 11.6 Å². The van der Waals surface area contributed by atoms with E-state index in [9.17, 15) is 14.7 Å². The van der Waals surface area contributed by atoms with Crippen LogP contribution in [0.4, 0.5) is 5.69 Å². The fourth-order valence-electron chi connectivity index (χ4n) is 2.49. The average Bonchev–Trinajstić information content (AvgIpc) is 2.71. The van der Waals surface area contributed by atoms with Crippen LogP contribution in [0.5, 0.6) is 0 Å². The quantitative estimate of drug-likeness (QED) is 0.801. The van der Waals surface area contributed by atoms with Crippen molar-refractivity contribution in [2.75, 3.05) is 5.32 Å². The van der Waals surface area contributed by atoms with Gasteiger partial charge in [-0.2, -0.15) is 0 Å². The molecule has 112 valence electrons. The van der Waals surface area contributed by atoms with Crippen LogP contribution in [-0.4, -0.2) is 16.8 Å². The number of halogens is 2. The summed E-state index contributed by atoms with van der Waals surface area (Å²) in [5.41, 5.74) is -0.618. The second-order valence-corrected chi connectivity index (χ2v) is 6.47. The van der Waals surface area contributed by atoms with E-state index in [2.05, 4.69) is 21.2 Å². The van der Waals surface area contributed by atoms with Gasteiger partial charge in [0.25, 0.3) is 5.91 Å². The first-order valence-corrected chi connectivity index (χ1v) is 7.70. The van der Waals surface area contributed by atoms with Crippen molar-refractivity contribution < 1.29 is 14.7 Å². The Kier molecular flexibility index (Phi) is 3.80. The Bertz CT molecular complexity index is 793. The van der Waals surface area contributed by atoms with E-state index in [0.29, 0.717) is 21.8 Å². The molecule has 1 heterocycles. The lowest BCUT2D eigenvalue weighted by Crippen LogP contribution is -2.36. The number of ketones is 1. The van der Waals surface area contributed by atoms with E-state index in [-0.39, 0.29) is 12.2 Å². The number of rotatable bonds is 3. The third kappa shape index (κ3) is 2.56. The van der Waals surface area contributed by atoms with Gasteiger partial charge in [-0.3, -0.25) is 9.59 Å². The number of nitrogens with one attached hydrogen (secondary N) is 1. The Hall–Kier alpha value is -1.69. The fraction of sp³-hybridized carbons (Fsp3) is 0.125. The summed E-state index contributed by atoms with van der Waals surface area (Å²) >= 11 is 9.18. The number of anilines is 1. The van der Waals surface area contributed by atoms with Crippen molar-refractivity contribution in [3.05, 3.63) is 63.1 Å². The molecule has 1 aliphatic heterocycles. The number of benzene rings is 2. The zero-order valence-corrected chi connectivity index (χ0v) is 13.6. The standard InChI is InChI=1S/C16H11BrClNO3/c17-10-4-5-13-12(7-10)16(22,15(21)19-13)8-14(20)9-2-1-3-11(18)6-9/h1-7,22H,8H2,(H,19,21)/t16-/m0/s1. The van der Waals surface area contributed by atoms with Crippen LogP contribution in [0.3, 0.4) is 0 Å². The molecule has 4 nitrogen and oxygen atoms in total. The molecule has 0 saturated heterocycles. The minimum atomic E-state index is -1.88. The minimum Gasteiger partial charge on any atom is -0.375 e. The highest BCUT2D eigenvalue weighted by molar-refractivity contribution is 9.10. The molecule has 3 rings (SSSR count). The third-order valence-electron chi connectivity index (χ3n) is 3.61. The highest BCUT2D eigenvalue weighted by Gasteiger charge is 2.46. The number of carbonyl (C=O) groups excluding carboxylic acids is 2. The smallest absolute Gasteiger partial charge is 0.261 e. The van der Waals surface area contributed by atoms with Gasteiger partial charge >= 0.3 is 0 Å². The maximum Gasteiger partial charge on any atom is 0.261 e.